The maximum Gasteiger partial charge on any atom is 0.408 e. The number of carboxylic acid groups (broad SMARTS) is 1. The Hall–Kier alpha value is -1.44. The Morgan fingerprint density at radius 1 is 1.45 bits per heavy atom. The zero-order valence-electron chi connectivity index (χ0n) is 11.7. The fourth-order valence-corrected chi connectivity index (χ4v) is 4.29. The topological polar surface area (TPSA) is 104 Å². The summed E-state index contributed by atoms with van der Waals surface area (Å²) < 4.78 is 0. The van der Waals surface area contributed by atoms with E-state index in [0.29, 0.717) is 12.2 Å². The molecule has 20 heavy (non-hydrogen) atoms. The molecule has 3 atom stereocenters. The van der Waals surface area contributed by atoms with Crippen LogP contribution in [0, 0.1) is 0 Å². The quantitative estimate of drug-likeness (QED) is 0.763. The van der Waals surface area contributed by atoms with Crippen molar-refractivity contribution in [3.63, 3.8) is 0 Å². The summed E-state index contributed by atoms with van der Waals surface area (Å²) in [6.07, 6.45) is -0.728. The van der Waals surface area contributed by atoms with E-state index in [-0.39, 0.29) is 11.3 Å². The van der Waals surface area contributed by atoms with Crippen molar-refractivity contribution in [2.75, 3.05) is 5.75 Å². The fraction of sp³-hybridized carbons (Fsp3) is 0.750. The van der Waals surface area contributed by atoms with E-state index >= 15 is 0 Å². The third-order valence-corrected chi connectivity index (χ3v) is 4.94. The Bertz CT molecular complexity index is 462. The van der Waals surface area contributed by atoms with E-state index in [0.717, 1.165) is 0 Å². The minimum Gasteiger partial charge on any atom is -0.465 e. The van der Waals surface area contributed by atoms with Gasteiger partial charge in [-0.3, -0.25) is 14.5 Å². The first kappa shape index (κ1) is 15.0. The van der Waals surface area contributed by atoms with Gasteiger partial charge in [0.1, 0.15) is 12.1 Å². The number of amides is 3. The van der Waals surface area contributed by atoms with E-state index in [1.807, 2.05) is 0 Å². The lowest BCUT2D eigenvalue weighted by molar-refractivity contribution is -0.138. The summed E-state index contributed by atoms with van der Waals surface area (Å²) in [5, 5.41) is 9.22. The summed E-state index contributed by atoms with van der Waals surface area (Å²) in [6, 6.07) is -1.37. The van der Waals surface area contributed by atoms with E-state index in [4.69, 9.17) is 5.73 Å². The van der Waals surface area contributed by atoms with Crippen LogP contribution in [0.5, 0.6) is 0 Å². The van der Waals surface area contributed by atoms with Crippen LogP contribution in [-0.4, -0.2) is 61.6 Å². The molecular formula is C12H19N3O4S. The molecule has 3 amide bonds. The summed E-state index contributed by atoms with van der Waals surface area (Å²) in [5.74, 6) is -0.367. The van der Waals surface area contributed by atoms with E-state index < -0.39 is 29.6 Å². The molecule has 7 nitrogen and oxygen atoms in total. The largest absolute Gasteiger partial charge is 0.465 e. The Morgan fingerprint density at radius 2 is 2.05 bits per heavy atom. The van der Waals surface area contributed by atoms with Crippen LogP contribution in [0.15, 0.2) is 0 Å². The van der Waals surface area contributed by atoms with Crippen LogP contribution in [0.2, 0.25) is 0 Å². The van der Waals surface area contributed by atoms with Crippen molar-refractivity contribution in [2.45, 2.75) is 50.2 Å². The molecule has 112 valence electrons. The average Bonchev–Trinajstić information content (AvgIpc) is 2.79. The molecule has 2 fully saturated rings. The smallest absolute Gasteiger partial charge is 0.408 e. The van der Waals surface area contributed by atoms with E-state index in [1.54, 1.807) is 20.8 Å². The highest BCUT2D eigenvalue weighted by Crippen LogP contribution is 2.40. The van der Waals surface area contributed by atoms with Crippen LogP contribution in [0.25, 0.3) is 0 Å². The standard InChI is InChI=1S/C12H19N3O4S/c1-12(2,3)15(11(18)19)6-4-8-14(10(6)17)7(5-20-8)9(13)16/h6-8H,4-5H2,1-3H3,(H2,13,16)(H,18,19)/t6-,7+,8+/m1/s1. The van der Waals surface area contributed by atoms with Gasteiger partial charge in [0.2, 0.25) is 11.8 Å². The Morgan fingerprint density at radius 3 is 2.50 bits per heavy atom. The van der Waals surface area contributed by atoms with Crippen molar-refractivity contribution in [3.8, 4) is 0 Å². The molecule has 0 saturated carbocycles. The van der Waals surface area contributed by atoms with Gasteiger partial charge in [-0.25, -0.2) is 4.79 Å². The molecule has 0 spiro atoms. The number of hydrogen-bond acceptors (Lipinski definition) is 4. The Kier molecular flexibility index (Phi) is 3.62. The van der Waals surface area contributed by atoms with Gasteiger partial charge in [0, 0.05) is 17.7 Å². The zero-order chi connectivity index (χ0) is 15.2. The lowest BCUT2D eigenvalue weighted by Gasteiger charge is -2.37. The lowest BCUT2D eigenvalue weighted by Crippen LogP contribution is -2.55. The molecule has 0 bridgehead atoms. The Balaban J connectivity index is 2.27. The zero-order valence-corrected chi connectivity index (χ0v) is 12.5. The van der Waals surface area contributed by atoms with Crippen LogP contribution in [0.4, 0.5) is 4.79 Å². The molecule has 0 unspecified atom stereocenters. The van der Waals surface area contributed by atoms with Gasteiger partial charge in [-0.15, -0.1) is 11.8 Å². The molecule has 0 radical (unpaired) electrons. The number of carbonyl (C=O) groups excluding carboxylic acids is 2. The number of thioether (sulfide) groups is 1. The van der Waals surface area contributed by atoms with Gasteiger partial charge in [0.15, 0.2) is 0 Å². The second-order valence-corrected chi connectivity index (χ2v) is 7.24. The van der Waals surface area contributed by atoms with Crippen molar-refractivity contribution in [2.24, 2.45) is 5.73 Å². The molecule has 8 heteroatoms. The predicted molar refractivity (Wildman–Crippen MR) is 74.1 cm³/mol. The molecule has 2 aliphatic heterocycles. The van der Waals surface area contributed by atoms with Gasteiger partial charge >= 0.3 is 6.09 Å². The highest BCUT2D eigenvalue weighted by molar-refractivity contribution is 8.00. The highest BCUT2D eigenvalue weighted by atomic mass is 32.2. The number of nitrogens with zero attached hydrogens (tertiary/aromatic N) is 2. The normalized spacial score (nSPS) is 29.4. The van der Waals surface area contributed by atoms with Gasteiger partial charge in [0.25, 0.3) is 0 Å². The van der Waals surface area contributed by atoms with Crippen molar-refractivity contribution in [1.29, 1.82) is 0 Å². The van der Waals surface area contributed by atoms with Gasteiger partial charge < -0.3 is 15.7 Å². The van der Waals surface area contributed by atoms with E-state index in [9.17, 15) is 19.5 Å². The molecule has 2 saturated heterocycles. The highest BCUT2D eigenvalue weighted by Gasteiger charge is 2.53. The van der Waals surface area contributed by atoms with Crippen LogP contribution < -0.4 is 5.73 Å². The summed E-state index contributed by atoms with van der Waals surface area (Å²) in [7, 11) is 0. The number of rotatable bonds is 2. The second kappa shape index (κ2) is 4.83. The van der Waals surface area contributed by atoms with E-state index in [2.05, 4.69) is 0 Å². The van der Waals surface area contributed by atoms with Crippen LogP contribution >= 0.6 is 11.8 Å². The van der Waals surface area contributed by atoms with Crippen molar-refractivity contribution in [1.82, 2.24) is 9.80 Å². The summed E-state index contributed by atoms with van der Waals surface area (Å²) >= 11 is 1.48. The number of nitrogens with two attached hydrogens (primary N) is 1. The second-order valence-electron chi connectivity index (χ2n) is 6.03. The maximum atomic E-state index is 12.5. The molecule has 0 aromatic heterocycles. The lowest BCUT2D eigenvalue weighted by atomic mass is 10.0. The first-order valence-corrected chi connectivity index (χ1v) is 7.45. The number of hydrogen-bond donors (Lipinski definition) is 2. The summed E-state index contributed by atoms with van der Waals surface area (Å²) in [5.41, 5.74) is 4.63. The maximum absolute atomic E-state index is 12.5. The van der Waals surface area contributed by atoms with Gasteiger partial charge in [-0.05, 0) is 20.8 Å². The molecule has 0 aromatic carbocycles. The van der Waals surface area contributed by atoms with Crippen molar-refractivity contribution in [3.05, 3.63) is 0 Å². The SMILES string of the molecule is CC(C)(C)N(C(=O)O)[C@@H]1C[C@@H]2SC[C@@H](C(N)=O)N2C1=O. The van der Waals surface area contributed by atoms with E-state index in [1.165, 1.54) is 21.6 Å². The molecule has 2 aliphatic rings. The van der Waals surface area contributed by atoms with Crippen LogP contribution in [-0.2, 0) is 9.59 Å². The van der Waals surface area contributed by atoms with Crippen molar-refractivity contribution >= 4 is 29.7 Å². The number of fused-ring (bicyclic) bond motifs is 1. The first-order valence-electron chi connectivity index (χ1n) is 6.40. The molecule has 0 aliphatic carbocycles. The van der Waals surface area contributed by atoms with Gasteiger partial charge in [-0.1, -0.05) is 0 Å². The fourth-order valence-electron chi connectivity index (χ4n) is 2.83. The van der Waals surface area contributed by atoms with Gasteiger partial charge in [-0.2, -0.15) is 0 Å². The first-order chi connectivity index (χ1) is 9.14. The minimum atomic E-state index is -1.13. The molecule has 2 heterocycles. The molecular weight excluding hydrogens is 282 g/mol. The van der Waals surface area contributed by atoms with Crippen molar-refractivity contribution < 1.29 is 19.5 Å². The van der Waals surface area contributed by atoms with Gasteiger partial charge in [0.05, 0.1) is 5.37 Å². The van der Waals surface area contributed by atoms with Crippen LogP contribution in [0.1, 0.15) is 27.2 Å². The van der Waals surface area contributed by atoms with Crippen LogP contribution in [0.3, 0.4) is 0 Å². The Labute approximate surface area is 121 Å². The summed E-state index contributed by atoms with van der Waals surface area (Å²) in [4.78, 5) is 38.0. The number of carbonyl (C=O) groups is 3. The minimum absolute atomic E-state index is 0.158. The molecule has 2 rings (SSSR count). The monoisotopic (exact) mass is 301 g/mol. The third-order valence-electron chi connectivity index (χ3n) is 3.63. The average molecular weight is 301 g/mol. The molecule has 3 N–H and O–H groups in total. The summed E-state index contributed by atoms with van der Waals surface area (Å²) in [6.45, 7) is 5.24. The third kappa shape index (κ3) is 2.32. The number of primary amides is 1. The predicted octanol–water partition coefficient (Wildman–Crippen LogP) is 0.293. The molecule has 0 aromatic rings.